The van der Waals surface area contributed by atoms with Crippen LogP contribution in [0.3, 0.4) is 0 Å². The van der Waals surface area contributed by atoms with E-state index in [0.717, 1.165) is 49.2 Å². The molecule has 8 nitrogen and oxygen atoms in total. The van der Waals surface area contributed by atoms with Crippen LogP contribution in [-0.4, -0.2) is 50.8 Å². The number of hydrogen-bond acceptors (Lipinski definition) is 7. The van der Waals surface area contributed by atoms with Crippen LogP contribution in [-0.2, 0) is 20.2 Å². The van der Waals surface area contributed by atoms with Gasteiger partial charge in [-0.3, -0.25) is 9.69 Å². The van der Waals surface area contributed by atoms with Gasteiger partial charge in [-0.15, -0.1) is 0 Å². The molecule has 0 radical (unpaired) electrons. The smallest absolute Gasteiger partial charge is 0.227 e. The number of aryl methyl sites for hydroxylation is 1. The van der Waals surface area contributed by atoms with Crippen LogP contribution in [0, 0.1) is 0 Å². The number of nitrogens with zero attached hydrogens (tertiary/aromatic N) is 4. The summed E-state index contributed by atoms with van der Waals surface area (Å²) in [5.74, 6) is 0.909. The Kier molecular flexibility index (Phi) is 4.59. The van der Waals surface area contributed by atoms with Crippen molar-refractivity contribution in [2.75, 3.05) is 31.1 Å². The predicted molar refractivity (Wildman–Crippen MR) is 101 cm³/mol. The van der Waals surface area contributed by atoms with Gasteiger partial charge in [-0.2, -0.15) is 0 Å². The first-order valence-electron chi connectivity index (χ1n) is 8.91. The van der Waals surface area contributed by atoms with Gasteiger partial charge in [0.1, 0.15) is 12.4 Å². The van der Waals surface area contributed by atoms with E-state index < -0.39 is 5.43 Å². The van der Waals surface area contributed by atoms with Crippen LogP contribution >= 0.6 is 0 Å². The molecular formula is C19H22N4O4. The number of anilines is 1. The Morgan fingerprint density at radius 3 is 2.63 bits per heavy atom. The lowest BCUT2D eigenvalue weighted by molar-refractivity contribution is 0.199. The molecule has 27 heavy (non-hydrogen) atoms. The lowest BCUT2D eigenvalue weighted by atomic mass is 10.2. The number of aliphatic hydroxyl groups excluding tert-OH is 1. The van der Waals surface area contributed by atoms with Crippen molar-refractivity contribution in [1.29, 1.82) is 0 Å². The number of para-hydroxylation sites is 2. The Balaban J connectivity index is 1.47. The van der Waals surface area contributed by atoms with Crippen molar-refractivity contribution in [3.8, 4) is 5.75 Å². The Morgan fingerprint density at radius 1 is 1.19 bits per heavy atom. The molecule has 1 saturated heterocycles. The molecule has 1 fully saturated rings. The number of rotatable bonds is 4. The number of imidazole rings is 1. The molecule has 0 unspecified atom stereocenters. The van der Waals surface area contributed by atoms with Crippen molar-refractivity contribution < 1.29 is 14.6 Å². The van der Waals surface area contributed by atoms with Gasteiger partial charge >= 0.3 is 0 Å². The Morgan fingerprint density at radius 2 is 1.93 bits per heavy atom. The fraction of sp³-hybridized carbons (Fsp3) is 0.368. The highest BCUT2D eigenvalue weighted by molar-refractivity contribution is 5.78. The van der Waals surface area contributed by atoms with Crippen molar-refractivity contribution in [2.24, 2.45) is 7.05 Å². The number of hydrogen-bond donors (Lipinski definition) is 2. The van der Waals surface area contributed by atoms with Crippen LogP contribution in [0.4, 0.5) is 5.95 Å². The molecule has 0 saturated carbocycles. The van der Waals surface area contributed by atoms with Gasteiger partial charge in [-0.25, -0.2) is 4.98 Å². The van der Waals surface area contributed by atoms with E-state index in [9.17, 15) is 15.0 Å². The summed E-state index contributed by atoms with van der Waals surface area (Å²) in [5.41, 5.74) is 1.55. The summed E-state index contributed by atoms with van der Waals surface area (Å²) in [6.07, 6.45) is 0. The van der Waals surface area contributed by atoms with Gasteiger partial charge in [0.05, 0.1) is 17.6 Å². The van der Waals surface area contributed by atoms with E-state index in [2.05, 4.69) is 20.4 Å². The molecule has 3 heterocycles. The maximum atomic E-state index is 11.8. The highest BCUT2D eigenvalue weighted by Gasteiger charge is 2.23. The van der Waals surface area contributed by atoms with Crippen molar-refractivity contribution in [1.82, 2.24) is 14.5 Å². The molecule has 0 bridgehead atoms. The zero-order valence-electron chi connectivity index (χ0n) is 15.1. The minimum Gasteiger partial charge on any atom is -0.502 e. The van der Waals surface area contributed by atoms with Gasteiger partial charge in [-0.05, 0) is 12.1 Å². The van der Waals surface area contributed by atoms with Crippen LogP contribution in [0.5, 0.6) is 5.75 Å². The monoisotopic (exact) mass is 370 g/mol. The standard InChI is InChI=1S/C19H22N4O4/c1-21-15-5-3-2-4-14(15)20-19(21)23-8-6-22(7-9-23)11-17-18(26)16(25)10-13(12-24)27-17/h2-5,10,24,26H,6-9,11-12H2,1H3. The van der Waals surface area contributed by atoms with E-state index in [1.807, 2.05) is 25.2 Å². The summed E-state index contributed by atoms with van der Waals surface area (Å²) >= 11 is 0. The molecule has 0 atom stereocenters. The summed E-state index contributed by atoms with van der Waals surface area (Å²) in [6, 6.07) is 9.17. The maximum absolute atomic E-state index is 11.8. The summed E-state index contributed by atoms with van der Waals surface area (Å²) in [6.45, 7) is 3.00. The van der Waals surface area contributed by atoms with Crippen LogP contribution in [0.1, 0.15) is 11.5 Å². The molecule has 1 aromatic carbocycles. The summed E-state index contributed by atoms with van der Waals surface area (Å²) < 4.78 is 7.54. The second-order valence-corrected chi connectivity index (χ2v) is 6.73. The first-order valence-corrected chi connectivity index (χ1v) is 8.91. The molecule has 4 rings (SSSR count). The van der Waals surface area contributed by atoms with E-state index >= 15 is 0 Å². The lowest BCUT2D eigenvalue weighted by Gasteiger charge is -2.34. The second kappa shape index (κ2) is 7.05. The second-order valence-electron chi connectivity index (χ2n) is 6.73. The molecule has 8 heteroatoms. The highest BCUT2D eigenvalue weighted by Crippen LogP contribution is 2.23. The SMILES string of the molecule is Cn1c(N2CCN(Cc3oc(CO)cc(=O)c3O)CC2)nc2ccccc21. The minimum atomic E-state index is -0.529. The van der Waals surface area contributed by atoms with Crippen LogP contribution in [0.15, 0.2) is 39.5 Å². The molecule has 0 amide bonds. The van der Waals surface area contributed by atoms with Crippen LogP contribution in [0.2, 0.25) is 0 Å². The van der Waals surface area contributed by atoms with Crippen LogP contribution < -0.4 is 10.3 Å². The van der Waals surface area contributed by atoms with Gasteiger partial charge in [0.2, 0.25) is 17.1 Å². The van der Waals surface area contributed by atoms with Crippen LogP contribution in [0.25, 0.3) is 11.0 Å². The first kappa shape index (κ1) is 17.6. The van der Waals surface area contributed by atoms with E-state index in [1.165, 1.54) is 0 Å². The van der Waals surface area contributed by atoms with Crippen molar-refractivity contribution >= 4 is 17.0 Å². The zero-order chi connectivity index (χ0) is 19.0. The number of aromatic nitrogens is 2. The zero-order valence-corrected chi connectivity index (χ0v) is 15.1. The van der Waals surface area contributed by atoms with Gasteiger partial charge in [0.15, 0.2) is 5.76 Å². The average molecular weight is 370 g/mol. The normalized spacial score (nSPS) is 15.6. The molecule has 3 aromatic rings. The van der Waals surface area contributed by atoms with E-state index in [0.29, 0.717) is 6.54 Å². The van der Waals surface area contributed by atoms with Gasteiger partial charge < -0.3 is 24.1 Å². The van der Waals surface area contributed by atoms with E-state index in [1.54, 1.807) is 0 Å². The maximum Gasteiger partial charge on any atom is 0.227 e. The fourth-order valence-corrected chi connectivity index (χ4v) is 3.50. The molecular weight excluding hydrogens is 348 g/mol. The largest absolute Gasteiger partial charge is 0.502 e. The van der Waals surface area contributed by atoms with Gasteiger partial charge in [0, 0.05) is 39.3 Å². The molecule has 0 spiro atoms. The number of fused-ring (bicyclic) bond motifs is 1. The summed E-state index contributed by atoms with van der Waals surface area (Å²) in [5, 5.41) is 19.1. The van der Waals surface area contributed by atoms with E-state index in [4.69, 9.17) is 9.40 Å². The minimum absolute atomic E-state index is 0.158. The number of benzene rings is 1. The van der Waals surface area contributed by atoms with Crippen molar-refractivity contribution in [2.45, 2.75) is 13.2 Å². The third kappa shape index (κ3) is 3.29. The average Bonchev–Trinajstić information content (AvgIpc) is 3.03. The Bertz CT molecular complexity index is 1020. The highest BCUT2D eigenvalue weighted by atomic mass is 16.4. The predicted octanol–water partition coefficient (Wildman–Crippen LogP) is 1.05. The molecule has 1 aliphatic rings. The molecule has 0 aliphatic carbocycles. The molecule has 2 aromatic heterocycles. The van der Waals surface area contributed by atoms with Crippen molar-refractivity contribution in [3.63, 3.8) is 0 Å². The summed E-state index contributed by atoms with van der Waals surface area (Å²) in [7, 11) is 2.02. The lowest BCUT2D eigenvalue weighted by Crippen LogP contribution is -2.46. The number of aliphatic hydroxyl groups is 1. The first-order chi connectivity index (χ1) is 13.1. The molecule has 2 N–H and O–H groups in total. The van der Waals surface area contributed by atoms with Crippen molar-refractivity contribution in [3.05, 3.63) is 52.1 Å². The third-order valence-electron chi connectivity index (χ3n) is 4.99. The molecule has 1 aliphatic heterocycles. The van der Waals surface area contributed by atoms with Gasteiger partial charge in [0.25, 0.3) is 0 Å². The number of piperazine rings is 1. The molecule has 142 valence electrons. The van der Waals surface area contributed by atoms with E-state index in [-0.39, 0.29) is 23.9 Å². The topological polar surface area (TPSA) is 95.0 Å². The quantitative estimate of drug-likeness (QED) is 0.709. The fourth-order valence-electron chi connectivity index (χ4n) is 3.50. The summed E-state index contributed by atoms with van der Waals surface area (Å²) in [4.78, 5) is 20.8. The Labute approximate surface area is 155 Å². The number of aromatic hydroxyl groups is 1. The third-order valence-corrected chi connectivity index (χ3v) is 4.99. The Hall–Kier alpha value is -2.84. The van der Waals surface area contributed by atoms with Gasteiger partial charge in [-0.1, -0.05) is 12.1 Å².